The van der Waals surface area contributed by atoms with Gasteiger partial charge in [0.2, 0.25) is 5.91 Å². The average molecular weight is 210 g/mol. The number of hydrogen-bond acceptors (Lipinski definition) is 3. The van der Waals surface area contributed by atoms with Gasteiger partial charge in [0.25, 0.3) is 0 Å². The van der Waals surface area contributed by atoms with Crippen LogP contribution in [0.15, 0.2) is 23.0 Å². The molecule has 0 aromatic carbocycles. The lowest BCUT2D eigenvalue weighted by Crippen LogP contribution is -2.44. The molecule has 0 fully saturated rings. The Bertz CT molecular complexity index is 306. The molecule has 1 aromatic rings. The molecule has 0 spiro atoms. The van der Waals surface area contributed by atoms with E-state index in [0.717, 1.165) is 5.56 Å². The van der Waals surface area contributed by atoms with Crippen LogP contribution in [-0.4, -0.2) is 23.9 Å². The van der Waals surface area contributed by atoms with Crippen LogP contribution in [-0.2, 0) is 11.3 Å². The topological polar surface area (TPSA) is 59.5 Å². The van der Waals surface area contributed by atoms with Crippen molar-refractivity contribution in [2.45, 2.75) is 26.4 Å². The van der Waals surface area contributed by atoms with Gasteiger partial charge in [0, 0.05) is 19.2 Å². The molecule has 0 aliphatic rings. The average Bonchev–Trinajstić information content (AvgIpc) is 2.67. The van der Waals surface area contributed by atoms with Crippen molar-refractivity contribution in [3.05, 3.63) is 24.2 Å². The maximum atomic E-state index is 11.8. The monoisotopic (exact) mass is 210 g/mol. The summed E-state index contributed by atoms with van der Waals surface area (Å²) in [5, 5.41) is 0. The van der Waals surface area contributed by atoms with E-state index in [1.807, 2.05) is 19.9 Å². The summed E-state index contributed by atoms with van der Waals surface area (Å²) in [7, 11) is 1.75. The Labute approximate surface area is 90.0 Å². The van der Waals surface area contributed by atoms with Crippen LogP contribution < -0.4 is 5.73 Å². The van der Waals surface area contributed by atoms with Crippen molar-refractivity contribution >= 4 is 5.91 Å². The fourth-order valence-electron chi connectivity index (χ4n) is 1.27. The standard InChI is InChI=1S/C11H18N2O2/c1-8(2)10(12)11(14)13(3)6-9-4-5-15-7-9/h4-5,7-8,10H,6,12H2,1-3H3/t10-/m0/s1. The van der Waals surface area contributed by atoms with Gasteiger partial charge in [-0.05, 0) is 12.0 Å². The van der Waals surface area contributed by atoms with Crippen molar-refractivity contribution in [1.29, 1.82) is 0 Å². The maximum Gasteiger partial charge on any atom is 0.239 e. The summed E-state index contributed by atoms with van der Waals surface area (Å²) in [6, 6.07) is 1.41. The smallest absolute Gasteiger partial charge is 0.239 e. The minimum atomic E-state index is -0.429. The minimum Gasteiger partial charge on any atom is -0.472 e. The van der Waals surface area contributed by atoms with Gasteiger partial charge >= 0.3 is 0 Å². The first kappa shape index (κ1) is 11.8. The van der Waals surface area contributed by atoms with Crippen molar-refractivity contribution in [2.24, 2.45) is 11.7 Å². The summed E-state index contributed by atoms with van der Waals surface area (Å²) in [6.07, 6.45) is 3.22. The Morgan fingerprint density at radius 1 is 1.60 bits per heavy atom. The largest absolute Gasteiger partial charge is 0.472 e. The van der Waals surface area contributed by atoms with Gasteiger partial charge in [-0.15, -0.1) is 0 Å². The molecule has 1 aromatic heterocycles. The summed E-state index contributed by atoms with van der Waals surface area (Å²) < 4.78 is 4.93. The van der Waals surface area contributed by atoms with Gasteiger partial charge in [-0.25, -0.2) is 0 Å². The highest BCUT2D eigenvalue weighted by Gasteiger charge is 2.21. The molecule has 1 amide bonds. The van der Waals surface area contributed by atoms with Gasteiger partial charge < -0.3 is 15.1 Å². The van der Waals surface area contributed by atoms with Crippen molar-refractivity contribution in [2.75, 3.05) is 7.05 Å². The molecule has 1 heterocycles. The molecule has 0 aliphatic heterocycles. The maximum absolute atomic E-state index is 11.8. The molecule has 0 unspecified atom stereocenters. The van der Waals surface area contributed by atoms with Gasteiger partial charge in [0.05, 0.1) is 18.6 Å². The number of nitrogens with zero attached hydrogens (tertiary/aromatic N) is 1. The van der Waals surface area contributed by atoms with E-state index in [9.17, 15) is 4.79 Å². The van der Waals surface area contributed by atoms with E-state index in [0.29, 0.717) is 6.54 Å². The molecule has 0 radical (unpaired) electrons. The zero-order chi connectivity index (χ0) is 11.4. The Morgan fingerprint density at radius 3 is 2.73 bits per heavy atom. The van der Waals surface area contributed by atoms with E-state index in [1.165, 1.54) is 0 Å². The molecule has 1 rings (SSSR count). The number of carbonyl (C=O) groups is 1. The van der Waals surface area contributed by atoms with Crippen molar-refractivity contribution in [1.82, 2.24) is 4.90 Å². The molecule has 0 bridgehead atoms. The quantitative estimate of drug-likeness (QED) is 0.813. The Kier molecular flexibility index (Phi) is 3.91. The van der Waals surface area contributed by atoms with Crippen LogP contribution in [0.3, 0.4) is 0 Å². The molecule has 15 heavy (non-hydrogen) atoms. The molecule has 2 N–H and O–H groups in total. The zero-order valence-electron chi connectivity index (χ0n) is 9.43. The van der Waals surface area contributed by atoms with Gasteiger partial charge in [-0.2, -0.15) is 0 Å². The first-order chi connectivity index (χ1) is 7.02. The minimum absolute atomic E-state index is 0.0359. The second kappa shape index (κ2) is 4.98. The molecule has 84 valence electrons. The van der Waals surface area contributed by atoms with E-state index in [-0.39, 0.29) is 11.8 Å². The SMILES string of the molecule is CC(C)[C@H](N)C(=O)N(C)Cc1ccoc1. The third kappa shape index (κ3) is 3.09. The van der Waals surface area contributed by atoms with Gasteiger partial charge in [0.15, 0.2) is 0 Å². The van der Waals surface area contributed by atoms with Crippen LogP contribution in [0.1, 0.15) is 19.4 Å². The number of rotatable bonds is 4. The number of furan rings is 1. The van der Waals surface area contributed by atoms with Gasteiger partial charge in [-0.1, -0.05) is 13.8 Å². The fraction of sp³-hybridized carbons (Fsp3) is 0.545. The first-order valence-corrected chi connectivity index (χ1v) is 5.04. The molecule has 0 saturated carbocycles. The van der Waals surface area contributed by atoms with E-state index in [2.05, 4.69) is 0 Å². The fourth-order valence-corrected chi connectivity index (χ4v) is 1.27. The van der Waals surface area contributed by atoms with E-state index < -0.39 is 6.04 Å². The second-order valence-electron chi connectivity index (χ2n) is 4.10. The highest BCUT2D eigenvalue weighted by atomic mass is 16.3. The number of carbonyl (C=O) groups excluding carboxylic acids is 1. The van der Waals surface area contributed by atoms with Crippen molar-refractivity contribution in [3.8, 4) is 0 Å². The van der Waals surface area contributed by atoms with Crippen LogP contribution in [0.5, 0.6) is 0 Å². The lowest BCUT2D eigenvalue weighted by atomic mass is 10.0. The number of amides is 1. The van der Waals surface area contributed by atoms with Crippen molar-refractivity contribution < 1.29 is 9.21 Å². The van der Waals surface area contributed by atoms with Gasteiger partial charge in [-0.3, -0.25) is 4.79 Å². The molecule has 0 saturated heterocycles. The molecule has 4 heteroatoms. The molecule has 1 atom stereocenters. The molecule has 4 nitrogen and oxygen atoms in total. The highest BCUT2D eigenvalue weighted by Crippen LogP contribution is 2.07. The summed E-state index contributed by atoms with van der Waals surface area (Å²) in [6.45, 7) is 4.41. The first-order valence-electron chi connectivity index (χ1n) is 5.04. The number of likely N-dealkylation sites (N-methyl/N-ethyl adjacent to an activating group) is 1. The second-order valence-corrected chi connectivity index (χ2v) is 4.10. The molecule has 0 aliphatic carbocycles. The summed E-state index contributed by atoms with van der Waals surface area (Å²) in [5.74, 6) is 0.121. The van der Waals surface area contributed by atoms with Crippen LogP contribution in [0.4, 0.5) is 0 Å². The van der Waals surface area contributed by atoms with E-state index in [1.54, 1.807) is 24.5 Å². The van der Waals surface area contributed by atoms with Gasteiger partial charge in [0.1, 0.15) is 0 Å². The van der Waals surface area contributed by atoms with E-state index in [4.69, 9.17) is 10.2 Å². The predicted octanol–water partition coefficient (Wildman–Crippen LogP) is 1.22. The Hall–Kier alpha value is -1.29. The Balaban J connectivity index is 2.54. The highest BCUT2D eigenvalue weighted by molar-refractivity contribution is 5.81. The lowest BCUT2D eigenvalue weighted by Gasteiger charge is -2.22. The number of nitrogens with two attached hydrogens (primary N) is 1. The summed E-state index contributed by atoms with van der Waals surface area (Å²) in [5.41, 5.74) is 6.75. The summed E-state index contributed by atoms with van der Waals surface area (Å²) in [4.78, 5) is 13.4. The third-order valence-corrected chi connectivity index (χ3v) is 2.38. The summed E-state index contributed by atoms with van der Waals surface area (Å²) >= 11 is 0. The van der Waals surface area contributed by atoms with Crippen LogP contribution >= 0.6 is 0 Å². The van der Waals surface area contributed by atoms with Crippen LogP contribution in [0.25, 0.3) is 0 Å². The Morgan fingerprint density at radius 2 is 2.27 bits per heavy atom. The molecular formula is C11H18N2O2. The normalized spacial score (nSPS) is 12.9. The van der Waals surface area contributed by atoms with Crippen LogP contribution in [0, 0.1) is 5.92 Å². The van der Waals surface area contributed by atoms with Crippen LogP contribution in [0.2, 0.25) is 0 Å². The zero-order valence-corrected chi connectivity index (χ0v) is 9.43. The van der Waals surface area contributed by atoms with Crippen molar-refractivity contribution in [3.63, 3.8) is 0 Å². The third-order valence-electron chi connectivity index (χ3n) is 2.38. The lowest BCUT2D eigenvalue weighted by molar-refractivity contribution is -0.132. The predicted molar refractivity (Wildman–Crippen MR) is 58.0 cm³/mol. The number of hydrogen-bond donors (Lipinski definition) is 1. The van der Waals surface area contributed by atoms with E-state index >= 15 is 0 Å². The molecular weight excluding hydrogens is 192 g/mol.